The standard InChI is InChI=1S/C17H19N3O2S/c1-11-10-23-15(18-11)17(6-2-7-17)20-16(21)19-13-3-4-14-12(9-13)5-8-22-14/h3-4,9-10H,2,5-8H2,1H3,(H2,19,20,21). The summed E-state index contributed by atoms with van der Waals surface area (Å²) in [4.78, 5) is 17.0. The van der Waals surface area contributed by atoms with Crippen LogP contribution in [0.5, 0.6) is 5.75 Å². The van der Waals surface area contributed by atoms with Gasteiger partial charge in [0.05, 0.1) is 12.1 Å². The van der Waals surface area contributed by atoms with Crippen LogP contribution < -0.4 is 15.4 Å². The van der Waals surface area contributed by atoms with Crippen LogP contribution in [0.3, 0.4) is 0 Å². The van der Waals surface area contributed by atoms with Crippen LogP contribution in [-0.4, -0.2) is 17.6 Å². The van der Waals surface area contributed by atoms with Crippen LogP contribution in [0.15, 0.2) is 23.6 Å². The Morgan fingerprint density at radius 2 is 2.26 bits per heavy atom. The average Bonchev–Trinajstić information content (AvgIpc) is 3.11. The molecule has 5 nitrogen and oxygen atoms in total. The molecule has 4 rings (SSSR count). The number of hydrogen-bond donors (Lipinski definition) is 2. The van der Waals surface area contributed by atoms with Gasteiger partial charge in [-0.2, -0.15) is 0 Å². The summed E-state index contributed by atoms with van der Waals surface area (Å²) >= 11 is 1.63. The Balaban J connectivity index is 1.47. The van der Waals surface area contributed by atoms with E-state index in [2.05, 4.69) is 15.6 Å². The monoisotopic (exact) mass is 329 g/mol. The average molecular weight is 329 g/mol. The molecule has 2 aromatic rings. The number of amides is 2. The fourth-order valence-electron chi connectivity index (χ4n) is 3.14. The van der Waals surface area contributed by atoms with E-state index in [9.17, 15) is 4.79 Å². The number of anilines is 1. The van der Waals surface area contributed by atoms with Gasteiger partial charge in [0.2, 0.25) is 0 Å². The summed E-state index contributed by atoms with van der Waals surface area (Å²) < 4.78 is 5.49. The summed E-state index contributed by atoms with van der Waals surface area (Å²) in [6, 6.07) is 5.62. The lowest BCUT2D eigenvalue weighted by atomic mass is 9.77. The second-order valence-corrected chi connectivity index (χ2v) is 7.09. The first-order valence-electron chi connectivity index (χ1n) is 7.92. The number of rotatable bonds is 3. The van der Waals surface area contributed by atoms with Crippen LogP contribution in [0.1, 0.15) is 35.5 Å². The summed E-state index contributed by atoms with van der Waals surface area (Å²) in [7, 11) is 0. The van der Waals surface area contributed by atoms with Gasteiger partial charge in [-0.15, -0.1) is 11.3 Å². The zero-order valence-electron chi connectivity index (χ0n) is 13.0. The third-order valence-corrected chi connectivity index (χ3v) is 5.70. The Morgan fingerprint density at radius 1 is 1.39 bits per heavy atom. The topological polar surface area (TPSA) is 63.2 Å². The molecule has 0 unspecified atom stereocenters. The van der Waals surface area contributed by atoms with E-state index in [0.717, 1.165) is 60.0 Å². The zero-order chi connectivity index (χ0) is 15.9. The molecule has 1 aliphatic heterocycles. The quantitative estimate of drug-likeness (QED) is 0.904. The molecule has 1 fully saturated rings. The van der Waals surface area contributed by atoms with Crippen LogP contribution in [0.2, 0.25) is 0 Å². The first kappa shape index (κ1) is 14.5. The van der Waals surface area contributed by atoms with Gasteiger partial charge in [-0.05, 0) is 49.9 Å². The molecule has 2 N–H and O–H groups in total. The molecule has 2 heterocycles. The summed E-state index contributed by atoms with van der Waals surface area (Å²) in [5.41, 5.74) is 2.67. The number of carbonyl (C=O) groups is 1. The number of carbonyl (C=O) groups excluding carboxylic acids is 1. The second-order valence-electron chi connectivity index (χ2n) is 6.23. The molecule has 2 aliphatic rings. The van der Waals surface area contributed by atoms with Gasteiger partial charge in [-0.25, -0.2) is 9.78 Å². The smallest absolute Gasteiger partial charge is 0.320 e. The molecule has 2 amide bonds. The van der Waals surface area contributed by atoms with Gasteiger partial charge in [-0.1, -0.05) is 0 Å². The maximum absolute atomic E-state index is 12.4. The lowest BCUT2D eigenvalue weighted by Crippen LogP contribution is -2.52. The molecule has 1 aliphatic carbocycles. The lowest BCUT2D eigenvalue weighted by molar-refractivity contribution is 0.184. The number of hydrogen-bond acceptors (Lipinski definition) is 4. The SMILES string of the molecule is Cc1csc(C2(NC(=O)Nc3ccc4c(c3)CCO4)CCC2)n1. The fraction of sp³-hybridized carbons (Fsp3) is 0.412. The van der Waals surface area contributed by atoms with Gasteiger partial charge in [0.25, 0.3) is 0 Å². The van der Waals surface area contributed by atoms with Gasteiger partial charge in [0.1, 0.15) is 10.8 Å². The fourth-order valence-corrected chi connectivity index (χ4v) is 4.15. The Kier molecular flexibility index (Phi) is 3.49. The molecule has 0 radical (unpaired) electrons. The Morgan fingerprint density at radius 3 is 2.96 bits per heavy atom. The predicted octanol–water partition coefficient (Wildman–Crippen LogP) is 3.59. The van der Waals surface area contributed by atoms with Gasteiger partial charge < -0.3 is 15.4 Å². The van der Waals surface area contributed by atoms with E-state index in [0.29, 0.717) is 0 Å². The van der Waals surface area contributed by atoms with Crippen molar-refractivity contribution < 1.29 is 9.53 Å². The molecule has 0 bridgehead atoms. The highest BCUT2D eigenvalue weighted by Gasteiger charge is 2.42. The zero-order valence-corrected chi connectivity index (χ0v) is 13.8. The molecule has 23 heavy (non-hydrogen) atoms. The maximum Gasteiger partial charge on any atom is 0.320 e. The van der Waals surface area contributed by atoms with Crippen molar-refractivity contribution in [2.75, 3.05) is 11.9 Å². The lowest BCUT2D eigenvalue weighted by Gasteiger charge is -2.40. The number of nitrogens with one attached hydrogen (secondary N) is 2. The summed E-state index contributed by atoms with van der Waals surface area (Å²) in [5, 5.41) is 9.14. The third kappa shape index (κ3) is 2.67. The van der Waals surface area contributed by atoms with Gasteiger partial charge in [-0.3, -0.25) is 0 Å². The number of ether oxygens (including phenoxy) is 1. The number of fused-ring (bicyclic) bond motifs is 1. The molecule has 0 atom stereocenters. The molecule has 1 aromatic carbocycles. The molecule has 1 aromatic heterocycles. The first-order valence-corrected chi connectivity index (χ1v) is 8.80. The summed E-state index contributed by atoms with van der Waals surface area (Å²) in [6.45, 7) is 2.70. The van der Waals surface area contributed by atoms with Crippen molar-refractivity contribution in [2.24, 2.45) is 0 Å². The van der Waals surface area contributed by atoms with E-state index in [1.807, 2.05) is 30.5 Å². The van der Waals surface area contributed by atoms with Crippen molar-refractivity contribution in [1.29, 1.82) is 0 Å². The van der Waals surface area contributed by atoms with E-state index in [1.54, 1.807) is 11.3 Å². The first-order chi connectivity index (χ1) is 11.1. The van der Waals surface area contributed by atoms with Crippen molar-refractivity contribution in [3.8, 4) is 5.75 Å². The van der Waals surface area contributed by atoms with Crippen molar-refractivity contribution in [2.45, 2.75) is 38.1 Å². The molecular weight excluding hydrogens is 310 g/mol. The minimum atomic E-state index is -0.289. The highest BCUT2D eigenvalue weighted by atomic mass is 32.1. The molecule has 0 spiro atoms. The van der Waals surface area contributed by atoms with Crippen molar-refractivity contribution in [1.82, 2.24) is 10.3 Å². The van der Waals surface area contributed by atoms with Crippen molar-refractivity contribution >= 4 is 23.1 Å². The number of aryl methyl sites for hydroxylation is 1. The highest BCUT2D eigenvalue weighted by Crippen LogP contribution is 2.42. The van der Waals surface area contributed by atoms with E-state index >= 15 is 0 Å². The summed E-state index contributed by atoms with van der Waals surface area (Å²) in [5.74, 6) is 0.921. The van der Waals surface area contributed by atoms with Crippen molar-refractivity contribution in [3.05, 3.63) is 39.8 Å². The number of urea groups is 1. The van der Waals surface area contributed by atoms with E-state index in [4.69, 9.17) is 4.74 Å². The minimum absolute atomic E-state index is 0.170. The molecular formula is C17H19N3O2S. The number of thiazole rings is 1. The van der Waals surface area contributed by atoms with Gasteiger partial charge >= 0.3 is 6.03 Å². The predicted molar refractivity (Wildman–Crippen MR) is 90.2 cm³/mol. The van der Waals surface area contributed by atoms with Crippen LogP contribution in [0.25, 0.3) is 0 Å². The number of benzene rings is 1. The van der Waals surface area contributed by atoms with Crippen molar-refractivity contribution in [3.63, 3.8) is 0 Å². The van der Waals surface area contributed by atoms with Crippen LogP contribution in [-0.2, 0) is 12.0 Å². The van der Waals surface area contributed by atoms with Crippen LogP contribution in [0, 0.1) is 6.92 Å². The minimum Gasteiger partial charge on any atom is -0.493 e. The van der Waals surface area contributed by atoms with Gasteiger partial charge in [0.15, 0.2) is 0 Å². The molecule has 6 heteroatoms. The van der Waals surface area contributed by atoms with E-state index in [1.165, 1.54) is 0 Å². The highest BCUT2D eigenvalue weighted by molar-refractivity contribution is 7.09. The Labute approximate surface area is 139 Å². The molecule has 120 valence electrons. The maximum atomic E-state index is 12.4. The Hall–Kier alpha value is -2.08. The third-order valence-electron chi connectivity index (χ3n) is 4.54. The molecule has 0 saturated heterocycles. The van der Waals surface area contributed by atoms with E-state index in [-0.39, 0.29) is 11.6 Å². The Bertz CT molecular complexity index is 752. The number of aromatic nitrogens is 1. The number of nitrogens with zero attached hydrogens (tertiary/aromatic N) is 1. The summed E-state index contributed by atoms with van der Waals surface area (Å²) in [6.07, 6.45) is 3.92. The van der Waals surface area contributed by atoms with Crippen LogP contribution in [0.4, 0.5) is 10.5 Å². The normalized spacial score (nSPS) is 17.8. The second kappa shape index (κ2) is 5.53. The largest absolute Gasteiger partial charge is 0.493 e. The van der Waals surface area contributed by atoms with Crippen LogP contribution >= 0.6 is 11.3 Å². The van der Waals surface area contributed by atoms with E-state index < -0.39 is 0 Å². The molecule has 1 saturated carbocycles. The van der Waals surface area contributed by atoms with Gasteiger partial charge in [0, 0.05) is 23.2 Å².